The first-order valence-electron chi connectivity index (χ1n) is 8.50. The van der Waals surface area contributed by atoms with E-state index in [2.05, 4.69) is 26.0 Å². The van der Waals surface area contributed by atoms with Crippen LogP contribution in [0.5, 0.6) is 0 Å². The van der Waals surface area contributed by atoms with Crippen LogP contribution in [-0.4, -0.2) is 40.7 Å². The minimum absolute atomic E-state index is 0.114. The van der Waals surface area contributed by atoms with Crippen LogP contribution in [0.3, 0.4) is 0 Å². The first-order valence-corrected chi connectivity index (χ1v) is 9.38. The maximum atomic E-state index is 13.4. The number of carbonyl (C=O) groups excluding carboxylic acids is 2. The van der Waals surface area contributed by atoms with Gasteiger partial charge in [0.15, 0.2) is 10.9 Å². The lowest BCUT2D eigenvalue weighted by Crippen LogP contribution is -2.23. The fraction of sp³-hybridized carbons (Fsp3) is 0.222. The number of aromatic nitrogens is 3. The van der Waals surface area contributed by atoms with E-state index in [9.17, 15) is 18.4 Å². The molecule has 3 aromatic rings. The normalized spacial score (nSPS) is 10.7. The Morgan fingerprint density at radius 3 is 2.48 bits per heavy atom. The van der Waals surface area contributed by atoms with E-state index < -0.39 is 17.5 Å². The number of hydrogen-bond donors (Lipinski definition) is 3. The molecule has 0 spiro atoms. The van der Waals surface area contributed by atoms with Crippen molar-refractivity contribution >= 4 is 34.1 Å². The van der Waals surface area contributed by atoms with Crippen molar-refractivity contribution in [1.29, 1.82) is 0 Å². The largest absolute Gasteiger partial charge is 0.371 e. The highest BCUT2D eigenvalue weighted by Crippen LogP contribution is 2.26. The zero-order valence-electron chi connectivity index (χ0n) is 15.8. The Kier molecular flexibility index (Phi) is 5.87. The number of benzene rings is 1. The number of thiazole rings is 1. The maximum Gasteiger partial charge on any atom is 0.256 e. The summed E-state index contributed by atoms with van der Waals surface area (Å²) < 4.78 is 28.2. The van der Waals surface area contributed by atoms with Gasteiger partial charge in [-0.1, -0.05) is 0 Å². The first kappa shape index (κ1) is 20.4. The highest BCUT2D eigenvalue weighted by molar-refractivity contribution is 7.14. The van der Waals surface area contributed by atoms with Gasteiger partial charge < -0.3 is 16.0 Å². The van der Waals surface area contributed by atoms with Gasteiger partial charge in [0.2, 0.25) is 5.91 Å². The summed E-state index contributed by atoms with van der Waals surface area (Å²) in [6, 6.07) is 3.10. The Morgan fingerprint density at radius 1 is 1.17 bits per heavy atom. The van der Waals surface area contributed by atoms with Crippen molar-refractivity contribution in [2.24, 2.45) is 7.05 Å². The lowest BCUT2D eigenvalue weighted by molar-refractivity contribution is -0.115. The summed E-state index contributed by atoms with van der Waals surface area (Å²) in [7, 11) is 4.76. The summed E-state index contributed by atoms with van der Waals surface area (Å²) in [5, 5.41) is 14.0. The summed E-state index contributed by atoms with van der Waals surface area (Å²) in [6.07, 6.45) is -0.114. The third-order valence-electron chi connectivity index (χ3n) is 4.09. The van der Waals surface area contributed by atoms with E-state index in [1.807, 2.05) is 0 Å². The van der Waals surface area contributed by atoms with Crippen molar-refractivity contribution in [3.8, 4) is 11.3 Å². The van der Waals surface area contributed by atoms with Crippen molar-refractivity contribution in [2.75, 3.05) is 24.7 Å². The van der Waals surface area contributed by atoms with Crippen molar-refractivity contribution in [1.82, 2.24) is 20.1 Å². The zero-order chi connectivity index (χ0) is 21.1. The first-order chi connectivity index (χ1) is 13.8. The third kappa shape index (κ3) is 4.40. The van der Waals surface area contributed by atoms with Gasteiger partial charge in [0.05, 0.1) is 17.8 Å². The molecule has 0 saturated heterocycles. The number of carbonyl (C=O) groups is 2. The molecule has 8 nitrogen and oxygen atoms in total. The number of anilines is 2. The van der Waals surface area contributed by atoms with Crippen molar-refractivity contribution in [2.45, 2.75) is 6.42 Å². The number of amides is 2. The quantitative estimate of drug-likeness (QED) is 0.569. The molecule has 0 aliphatic heterocycles. The molecule has 3 N–H and O–H groups in total. The van der Waals surface area contributed by atoms with Gasteiger partial charge in [0.1, 0.15) is 17.2 Å². The molecule has 2 aromatic heterocycles. The predicted octanol–water partition coefficient (Wildman–Crippen LogP) is 2.40. The van der Waals surface area contributed by atoms with Crippen molar-refractivity contribution in [3.63, 3.8) is 0 Å². The number of halogens is 2. The fourth-order valence-electron chi connectivity index (χ4n) is 2.78. The molecular formula is C18H18F2N6O2S. The Morgan fingerprint density at radius 2 is 1.86 bits per heavy atom. The Bertz CT molecular complexity index is 1060. The number of hydrogen-bond acceptors (Lipinski definition) is 6. The van der Waals surface area contributed by atoms with Gasteiger partial charge in [-0.05, 0) is 12.1 Å². The van der Waals surface area contributed by atoms with E-state index in [4.69, 9.17) is 0 Å². The molecule has 0 fully saturated rings. The third-order valence-corrected chi connectivity index (χ3v) is 4.85. The molecule has 11 heteroatoms. The zero-order valence-corrected chi connectivity index (χ0v) is 16.7. The molecule has 0 unspecified atom stereocenters. The SMILES string of the molecule is CNC(=O)c1c(NC)nn(C)c1CC(=O)Nc1nc(-c2cc(F)cc(F)c2)cs1. The molecule has 152 valence electrons. The van der Waals surface area contributed by atoms with E-state index in [0.717, 1.165) is 29.5 Å². The molecule has 1 aromatic carbocycles. The average Bonchev–Trinajstić information content (AvgIpc) is 3.25. The van der Waals surface area contributed by atoms with Crippen LogP contribution >= 0.6 is 11.3 Å². The van der Waals surface area contributed by atoms with Crippen LogP contribution in [0.2, 0.25) is 0 Å². The van der Waals surface area contributed by atoms with E-state index in [1.165, 1.54) is 11.7 Å². The highest BCUT2D eigenvalue weighted by Gasteiger charge is 2.23. The number of nitrogens with zero attached hydrogens (tertiary/aromatic N) is 3. The van der Waals surface area contributed by atoms with Crippen LogP contribution < -0.4 is 16.0 Å². The van der Waals surface area contributed by atoms with Crippen LogP contribution in [0, 0.1) is 11.6 Å². The summed E-state index contributed by atoms with van der Waals surface area (Å²) in [4.78, 5) is 28.9. The summed E-state index contributed by atoms with van der Waals surface area (Å²) in [5.74, 6) is -1.84. The Hall–Kier alpha value is -3.34. The van der Waals surface area contributed by atoms with E-state index in [0.29, 0.717) is 17.2 Å². The minimum atomic E-state index is -0.711. The van der Waals surface area contributed by atoms with Crippen LogP contribution in [0.1, 0.15) is 16.1 Å². The molecule has 0 aliphatic rings. The Labute approximate surface area is 169 Å². The topological polar surface area (TPSA) is 101 Å². The lowest BCUT2D eigenvalue weighted by Gasteiger charge is -2.06. The summed E-state index contributed by atoms with van der Waals surface area (Å²) in [6.45, 7) is 0. The number of aryl methyl sites for hydroxylation is 1. The van der Waals surface area contributed by atoms with Gasteiger partial charge >= 0.3 is 0 Å². The van der Waals surface area contributed by atoms with E-state index >= 15 is 0 Å². The van der Waals surface area contributed by atoms with Gasteiger partial charge in [0.25, 0.3) is 5.91 Å². The standard InChI is InChI=1S/C18H18F2N6O2S/c1-21-16-15(17(28)22-2)13(26(3)25-16)7-14(27)24-18-23-12(8-29-18)9-4-10(19)6-11(20)5-9/h4-6,8H,7H2,1-3H3,(H,21,25)(H,22,28)(H,23,24,27). The average molecular weight is 420 g/mol. The van der Waals surface area contributed by atoms with Crippen LogP contribution in [-0.2, 0) is 18.3 Å². The Balaban J connectivity index is 1.78. The van der Waals surface area contributed by atoms with E-state index in [1.54, 1.807) is 19.5 Å². The molecule has 0 radical (unpaired) electrons. The van der Waals surface area contributed by atoms with Crippen molar-refractivity contribution < 1.29 is 18.4 Å². The molecule has 0 bridgehead atoms. The van der Waals surface area contributed by atoms with Gasteiger partial charge in [-0.2, -0.15) is 5.10 Å². The van der Waals surface area contributed by atoms with Crippen LogP contribution in [0.4, 0.5) is 19.7 Å². The number of nitrogens with one attached hydrogen (secondary N) is 3. The maximum absolute atomic E-state index is 13.4. The molecule has 0 saturated carbocycles. The van der Waals surface area contributed by atoms with Crippen LogP contribution in [0.15, 0.2) is 23.6 Å². The second-order valence-electron chi connectivity index (χ2n) is 6.04. The van der Waals surface area contributed by atoms with Gasteiger partial charge in [-0.25, -0.2) is 13.8 Å². The van der Waals surface area contributed by atoms with Crippen LogP contribution in [0.25, 0.3) is 11.3 Å². The molecule has 2 heterocycles. The smallest absolute Gasteiger partial charge is 0.256 e. The van der Waals surface area contributed by atoms with Gasteiger partial charge in [0, 0.05) is 38.2 Å². The van der Waals surface area contributed by atoms with Gasteiger partial charge in [-0.15, -0.1) is 11.3 Å². The molecule has 2 amide bonds. The van der Waals surface area contributed by atoms with E-state index in [-0.39, 0.29) is 28.6 Å². The van der Waals surface area contributed by atoms with Gasteiger partial charge in [-0.3, -0.25) is 14.3 Å². The molecule has 3 rings (SSSR count). The lowest BCUT2D eigenvalue weighted by atomic mass is 10.1. The molecular weight excluding hydrogens is 402 g/mol. The number of rotatable bonds is 6. The predicted molar refractivity (Wildman–Crippen MR) is 106 cm³/mol. The second kappa shape index (κ2) is 8.35. The fourth-order valence-corrected chi connectivity index (χ4v) is 3.52. The highest BCUT2D eigenvalue weighted by atomic mass is 32.1. The van der Waals surface area contributed by atoms with Crippen molar-refractivity contribution in [3.05, 3.63) is 46.5 Å². The molecule has 0 atom stereocenters. The second-order valence-corrected chi connectivity index (χ2v) is 6.90. The summed E-state index contributed by atoms with van der Waals surface area (Å²) >= 11 is 1.12. The minimum Gasteiger partial charge on any atom is -0.371 e. The monoisotopic (exact) mass is 420 g/mol. The molecule has 29 heavy (non-hydrogen) atoms. The molecule has 0 aliphatic carbocycles. The summed E-state index contributed by atoms with van der Waals surface area (Å²) in [5.41, 5.74) is 1.32.